The van der Waals surface area contributed by atoms with Gasteiger partial charge in [-0.25, -0.2) is 15.0 Å². The van der Waals surface area contributed by atoms with E-state index in [9.17, 15) is 0 Å². The van der Waals surface area contributed by atoms with Gasteiger partial charge in [0.25, 0.3) is 0 Å². The van der Waals surface area contributed by atoms with Crippen LogP contribution in [0.15, 0.2) is 200 Å². The maximum atomic E-state index is 5.17. The van der Waals surface area contributed by atoms with Gasteiger partial charge in [0.05, 0.1) is 0 Å². The smallest absolute Gasteiger partial charge is 0.164 e. The van der Waals surface area contributed by atoms with E-state index in [4.69, 9.17) is 15.0 Å². The minimum Gasteiger partial charge on any atom is -0.261 e. The highest BCUT2D eigenvalue weighted by Gasteiger charge is 2.18. The van der Waals surface area contributed by atoms with Crippen molar-refractivity contribution in [1.82, 2.24) is 19.9 Å². The number of rotatable bonds is 7. The average Bonchev–Trinajstić information content (AvgIpc) is 3.31. The first kappa shape index (κ1) is 34.4. The summed E-state index contributed by atoms with van der Waals surface area (Å²) in [4.78, 5) is 19.8. The second-order valence-electron chi connectivity index (χ2n) is 15.1. The van der Waals surface area contributed by atoms with Gasteiger partial charge in [-0.05, 0) is 109 Å². The zero-order chi connectivity index (χ0) is 39.3. The van der Waals surface area contributed by atoms with E-state index in [1.807, 2.05) is 48.7 Å². The Balaban J connectivity index is 1.09. The SMILES string of the molecule is Cc1ncccc1-c1ccc(-c2ccc(-c3cc(-c4nc(-c5ccccc5)nc(-c5ccccc5)n4)cc(-c4cc5cccc6ccc7cccc4c7c65)c3)cc2)cc1. The van der Waals surface area contributed by atoms with Crippen LogP contribution in [0, 0.1) is 6.92 Å². The maximum Gasteiger partial charge on any atom is 0.164 e. The lowest BCUT2D eigenvalue weighted by molar-refractivity contribution is 1.07. The van der Waals surface area contributed by atoms with Gasteiger partial charge in [-0.3, -0.25) is 4.98 Å². The predicted octanol–water partition coefficient (Wildman–Crippen LogP) is 14.1. The molecule has 0 fully saturated rings. The quantitative estimate of drug-likeness (QED) is 0.152. The molecule has 4 nitrogen and oxygen atoms in total. The summed E-state index contributed by atoms with van der Waals surface area (Å²) < 4.78 is 0. The Morgan fingerprint density at radius 3 is 1.44 bits per heavy atom. The van der Waals surface area contributed by atoms with E-state index in [2.05, 4.69) is 164 Å². The molecule has 276 valence electrons. The van der Waals surface area contributed by atoms with Crippen LogP contribution in [0.1, 0.15) is 5.69 Å². The molecule has 9 aromatic carbocycles. The Hall–Kier alpha value is -7.82. The zero-order valence-corrected chi connectivity index (χ0v) is 32.3. The fraction of sp³-hybridized carbons (Fsp3) is 0.0182. The van der Waals surface area contributed by atoms with Crippen molar-refractivity contribution in [2.45, 2.75) is 6.92 Å². The molecule has 0 aliphatic carbocycles. The van der Waals surface area contributed by atoms with E-state index < -0.39 is 0 Å². The Morgan fingerprint density at radius 2 is 0.814 bits per heavy atom. The summed E-state index contributed by atoms with van der Waals surface area (Å²) in [5, 5.41) is 7.53. The van der Waals surface area contributed by atoms with Crippen LogP contribution in [0.4, 0.5) is 0 Å². The number of benzene rings is 9. The van der Waals surface area contributed by atoms with Gasteiger partial charge in [0.1, 0.15) is 0 Å². The summed E-state index contributed by atoms with van der Waals surface area (Å²) in [5.41, 5.74) is 12.9. The Morgan fingerprint density at radius 1 is 0.305 bits per heavy atom. The molecule has 4 heteroatoms. The highest BCUT2D eigenvalue weighted by molar-refractivity contribution is 6.26. The fourth-order valence-corrected chi connectivity index (χ4v) is 8.50. The van der Waals surface area contributed by atoms with Crippen LogP contribution in [-0.4, -0.2) is 19.9 Å². The predicted molar refractivity (Wildman–Crippen MR) is 244 cm³/mol. The summed E-state index contributed by atoms with van der Waals surface area (Å²) >= 11 is 0. The van der Waals surface area contributed by atoms with Crippen molar-refractivity contribution < 1.29 is 0 Å². The van der Waals surface area contributed by atoms with Gasteiger partial charge in [0.15, 0.2) is 17.5 Å². The second kappa shape index (κ2) is 14.3. The molecule has 0 amide bonds. The molecule has 0 unspecified atom stereocenters. The molecule has 0 aliphatic heterocycles. The van der Waals surface area contributed by atoms with Gasteiger partial charge in [0.2, 0.25) is 0 Å². The molecule has 0 bridgehead atoms. The largest absolute Gasteiger partial charge is 0.261 e. The molecule has 0 radical (unpaired) electrons. The van der Waals surface area contributed by atoms with Crippen molar-refractivity contribution in [3.8, 4) is 78.7 Å². The number of nitrogens with zero attached hydrogens (tertiary/aromatic N) is 4. The molecule has 0 N–H and O–H groups in total. The first-order valence-corrected chi connectivity index (χ1v) is 20.0. The first-order valence-electron chi connectivity index (χ1n) is 20.0. The van der Waals surface area contributed by atoms with Crippen molar-refractivity contribution in [2.75, 3.05) is 0 Å². The molecule has 59 heavy (non-hydrogen) atoms. The Bertz CT molecular complexity index is 3250. The van der Waals surface area contributed by atoms with E-state index >= 15 is 0 Å². The number of hydrogen-bond acceptors (Lipinski definition) is 4. The van der Waals surface area contributed by atoms with Crippen molar-refractivity contribution in [1.29, 1.82) is 0 Å². The summed E-state index contributed by atoms with van der Waals surface area (Å²) in [6.07, 6.45) is 1.84. The fourth-order valence-electron chi connectivity index (χ4n) is 8.50. The van der Waals surface area contributed by atoms with Crippen LogP contribution in [0.2, 0.25) is 0 Å². The molecule has 0 saturated carbocycles. The number of pyridine rings is 1. The molecule has 0 saturated heterocycles. The van der Waals surface area contributed by atoms with Gasteiger partial charge in [-0.15, -0.1) is 0 Å². The molecule has 0 atom stereocenters. The van der Waals surface area contributed by atoms with Crippen LogP contribution in [0.3, 0.4) is 0 Å². The minimum atomic E-state index is 0.624. The van der Waals surface area contributed by atoms with Crippen molar-refractivity contribution in [3.05, 3.63) is 206 Å². The molecule has 11 aromatic rings. The van der Waals surface area contributed by atoms with E-state index in [1.54, 1.807) is 0 Å². The molecule has 11 rings (SSSR count). The van der Waals surface area contributed by atoms with Crippen LogP contribution in [0.25, 0.3) is 111 Å². The number of aromatic nitrogens is 4. The molecule has 2 heterocycles. The van der Waals surface area contributed by atoms with Gasteiger partial charge in [-0.1, -0.05) is 164 Å². The standard InChI is InChI=1S/C55H36N4/c1-35-48(19-10-30-56-35)39-26-24-37(25-27-39)36-20-22-38(23-21-36)45-31-46(50-34-44-17-8-15-40-28-29-41-16-9-18-49(50)52(41)51(40)44)33-47(32-45)55-58-53(42-11-4-2-5-12-42)57-54(59-55)43-13-6-3-7-14-43/h2-34H,1H3. The van der Waals surface area contributed by atoms with Crippen LogP contribution in [-0.2, 0) is 0 Å². The zero-order valence-electron chi connectivity index (χ0n) is 32.3. The number of aryl methyl sites for hydroxylation is 1. The van der Waals surface area contributed by atoms with Gasteiger partial charge in [0, 0.05) is 34.1 Å². The summed E-state index contributed by atoms with van der Waals surface area (Å²) in [6, 6.07) is 68.9. The monoisotopic (exact) mass is 752 g/mol. The van der Waals surface area contributed by atoms with Crippen molar-refractivity contribution >= 4 is 32.3 Å². The topological polar surface area (TPSA) is 51.6 Å². The minimum absolute atomic E-state index is 0.624. The lowest BCUT2D eigenvalue weighted by atomic mass is 9.87. The van der Waals surface area contributed by atoms with Gasteiger partial charge >= 0.3 is 0 Å². The van der Waals surface area contributed by atoms with Crippen LogP contribution in [0.5, 0.6) is 0 Å². The van der Waals surface area contributed by atoms with Crippen molar-refractivity contribution in [2.24, 2.45) is 0 Å². The third kappa shape index (κ3) is 6.28. The third-order valence-electron chi connectivity index (χ3n) is 11.5. The van der Waals surface area contributed by atoms with Crippen LogP contribution < -0.4 is 0 Å². The molecule has 0 spiro atoms. The summed E-state index contributed by atoms with van der Waals surface area (Å²) in [7, 11) is 0. The van der Waals surface area contributed by atoms with Crippen LogP contribution >= 0.6 is 0 Å². The third-order valence-corrected chi connectivity index (χ3v) is 11.5. The lowest BCUT2D eigenvalue weighted by Gasteiger charge is -2.17. The Kier molecular flexibility index (Phi) is 8.34. The highest BCUT2D eigenvalue weighted by atomic mass is 15.0. The Labute approximate surface area is 342 Å². The highest BCUT2D eigenvalue weighted by Crippen LogP contribution is 2.42. The normalized spacial score (nSPS) is 11.5. The summed E-state index contributed by atoms with van der Waals surface area (Å²) in [6.45, 7) is 2.05. The average molecular weight is 753 g/mol. The molecule has 0 aliphatic rings. The van der Waals surface area contributed by atoms with E-state index in [1.165, 1.54) is 37.9 Å². The molecule has 2 aromatic heterocycles. The van der Waals surface area contributed by atoms with Gasteiger partial charge < -0.3 is 0 Å². The summed E-state index contributed by atoms with van der Waals surface area (Å²) in [5.74, 6) is 1.90. The van der Waals surface area contributed by atoms with E-state index in [0.29, 0.717) is 17.5 Å². The van der Waals surface area contributed by atoms with Crippen molar-refractivity contribution in [3.63, 3.8) is 0 Å². The van der Waals surface area contributed by atoms with E-state index in [-0.39, 0.29) is 0 Å². The van der Waals surface area contributed by atoms with E-state index in [0.717, 1.165) is 61.3 Å². The molecular formula is C55H36N4. The number of hydrogen-bond donors (Lipinski definition) is 0. The first-order chi connectivity index (χ1) is 29.1. The molecular weight excluding hydrogens is 717 g/mol. The van der Waals surface area contributed by atoms with Gasteiger partial charge in [-0.2, -0.15) is 0 Å². The maximum absolute atomic E-state index is 5.17. The lowest BCUT2D eigenvalue weighted by Crippen LogP contribution is -2.00. The second-order valence-corrected chi connectivity index (χ2v) is 15.1.